The Kier molecular flexibility index (Phi) is 9.52. The summed E-state index contributed by atoms with van der Waals surface area (Å²) in [5.74, 6) is -2.59. The van der Waals surface area contributed by atoms with Gasteiger partial charge in [-0.1, -0.05) is 19.4 Å². The van der Waals surface area contributed by atoms with Crippen molar-refractivity contribution in [2.45, 2.75) is 45.6 Å². The number of hydrogen-bond donors (Lipinski definition) is 3. The summed E-state index contributed by atoms with van der Waals surface area (Å²) in [5, 5.41) is 7.34. The van der Waals surface area contributed by atoms with Crippen molar-refractivity contribution in [3.05, 3.63) is 29.3 Å². The van der Waals surface area contributed by atoms with Crippen molar-refractivity contribution < 1.29 is 33.5 Å². The second-order valence-electron chi connectivity index (χ2n) is 7.42. The lowest BCUT2D eigenvalue weighted by atomic mass is 10.1. The minimum atomic E-state index is -1.14. The Bertz CT molecular complexity index is 931. The molecule has 0 fully saturated rings. The van der Waals surface area contributed by atoms with Crippen LogP contribution in [0, 0.1) is 0 Å². The van der Waals surface area contributed by atoms with Crippen molar-refractivity contribution in [2.75, 3.05) is 19.7 Å². The van der Waals surface area contributed by atoms with Crippen molar-refractivity contribution in [2.24, 2.45) is 0 Å². The van der Waals surface area contributed by atoms with Crippen LogP contribution in [0.5, 0.6) is 5.75 Å². The normalized spacial score (nSPS) is 13.2. The van der Waals surface area contributed by atoms with Crippen LogP contribution in [0.1, 0.15) is 60.2 Å². The third kappa shape index (κ3) is 6.61. The average Bonchev–Trinajstić information content (AvgIpc) is 3.03. The lowest BCUT2D eigenvalue weighted by molar-refractivity contribution is -0.128. The molecule has 33 heavy (non-hydrogen) atoms. The molecule has 6 amide bonds. The Hall–Kier alpha value is -3.76. The lowest BCUT2D eigenvalue weighted by Gasteiger charge is -2.24. The first-order chi connectivity index (χ1) is 15.8. The van der Waals surface area contributed by atoms with E-state index in [-0.39, 0.29) is 42.2 Å². The Morgan fingerprint density at radius 2 is 1.79 bits per heavy atom. The summed E-state index contributed by atoms with van der Waals surface area (Å²) in [6, 6.07) is 3.29. The predicted molar refractivity (Wildman–Crippen MR) is 116 cm³/mol. The molecule has 0 aromatic heterocycles. The van der Waals surface area contributed by atoms with E-state index in [1.54, 1.807) is 6.92 Å². The van der Waals surface area contributed by atoms with Crippen LogP contribution in [-0.4, -0.2) is 66.6 Å². The molecular formula is C22H28N4O7. The third-order valence-corrected chi connectivity index (χ3v) is 4.94. The maximum atomic E-state index is 13.0. The molecule has 1 heterocycles. The molecule has 11 heteroatoms. The highest BCUT2D eigenvalue weighted by Gasteiger charge is 2.44. The predicted octanol–water partition coefficient (Wildman–Crippen LogP) is 0.135. The molecule has 11 nitrogen and oxygen atoms in total. The fourth-order valence-electron chi connectivity index (χ4n) is 3.42. The molecule has 0 radical (unpaired) electrons. The molecule has 0 spiro atoms. The molecule has 2 rings (SSSR count). The number of imide groups is 2. The number of unbranched alkanes of at least 4 members (excludes halogenated alkanes) is 1. The number of nitrogens with zero attached hydrogens (tertiary/aromatic N) is 1. The van der Waals surface area contributed by atoms with E-state index in [2.05, 4.69) is 10.6 Å². The zero-order chi connectivity index (χ0) is 24.4. The Labute approximate surface area is 191 Å². The van der Waals surface area contributed by atoms with E-state index in [4.69, 9.17) is 4.74 Å². The number of benzene rings is 1. The van der Waals surface area contributed by atoms with Crippen LogP contribution in [0.25, 0.3) is 0 Å². The van der Waals surface area contributed by atoms with E-state index in [9.17, 15) is 28.8 Å². The highest BCUT2D eigenvalue weighted by Crippen LogP contribution is 2.33. The van der Waals surface area contributed by atoms with Crippen LogP contribution in [-0.2, 0) is 19.2 Å². The van der Waals surface area contributed by atoms with Gasteiger partial charge in [0.2, 0.25) is 18.2 Å². The zero-order valence-electron chi connectivity index (χ0n) is 18.6. The smallest absolute Gasteiger partial charge is 0.266 e. The maximum Gasteiger partial charge on any atom is 0.266 e. The fourth-order valence-corrected chi connectivity index (χ4v) is 3.42. The first kappa shape index (κ1) is 25.5. The van der Waals surface area contributed by atoms with Crippen LogP contribution >= 0.6 is 0 Å². The van der Waals surface area contributed by atoms with E-state index in [0.717, 1.165) is 4.90 Å². The second-order valence-corrected chi connectivity index (χ2v) is 7.42. The summed E-state index contributed by atoms with van der Waals surface area (Å²) >= 11 is 0. The van der Waals surface area contributed by atoms with E-state index in [1.165, 1.54) is 25.1 Å². The van der Waals surface area contributed by atoms with Gasteiger partial charge >= 0.3 is 0 Å². The summed E-state index contributed by atoms with van der Waals surface area (Å²) in [7, 11) is 0. The number of amides is 6. The molecule has 3 N–H and O–H groups in total. The van der Waals surface area contributed by atoms with Gasteiger partial charge in [0.15, 0.2) is 6.61 Å². The Balaban J connectivity index is 2.02. The summed E-state index contributed by atoms with van der Waals surface area (Å²) in [6.07, 6.45) is 2.26. The number of carbonyl (C=O) groups excluding carboxylic acids is 6. The highest BCUT2D eigenvalue weighted by atomic mass is 16.5. The molecule has 0 saturated carbocycles. The zero-order valence-corrected chi connectivity index (χ0v) is 18.6. The van der Waals surface area contributed by atoms with Crippen molar-refractivity contribution in [1.29, 1.82) is 0 Å². The lowest BCUT2D eigenvalue weighted by Crippen LogP contribution is -2.49. The number of rotatable bonds is 13. The summed E-state index contributed by atoms with van der Waals surface area (Å²) in [6.45, 7) is 3.76. The SMILES string of the molecule is CCCC(C(=O)NC=O)N1C(=O)c2cccc(OCC(=O)NCCCCNC(C)=O)c2C1=O. The van der Waals surface area contributed by atoms with Gasteiger partial charge in [-0.05, 0) is 31.4 Å². The van der Waals surface area contributed by atoms with E-state index in [1.807, 2.05) is 5.32 Å². The molecular weight excluding hydrogens is 432 g/mol. The van der Waals surface area contributed by atoms with Gasteiger partial charge in [0.05, 0.1) is 11.1 Å². The van der Waals surface area contributed by atoms with Gasteiger partial charge in [-0.2, -0.15) is 0 Å². The maximum absolute atomic E-state index is 13.0. The third-order valence-electron chi connectivity index (χ3n) is 4.94. The quantitative estimate of drug-likeness (QED) is 0.215. The standard InChI is InChI=1S/C22H28N4O7/c1-3-7-16(20(30)25-13-27)26-21(31)15-8-6-9-17(19(15)22(26)32)33-12-18(29)24-11-5-4-10-23-14(2)28/h6,8-9,13,16H,3-5,7,10-12H2,1-2H3,(H,23,28)(H,24,29)(H,25,27,30). The molecule has 178 valence electrons. The van der Waals surface area contributed by atoms with E-state index in [0.29, 0.717) is 32.4 Å². The second kappa shape index (κ2) is 12.3. The number of fused-ring (bicyclic) bond motifs is 1. The minimum absolute atomic E-state index is 0.0226. The summed E-state index contributed by atoms with van der Waals surface area (Å²) in [5.41, 5.74) is 0.0431. The minimum Gasteiger partial charge on any atom is -0.483 e. The number of ether oxygens (including phenoxy) is 1. The van der Waals surface area contributed by atoms with Gasteiger partial charge in [-0.25, -0.2) is 0 Å². The molecule has 1 aliphatic rings. The van der Waals surface area contributed by atoms with Crippen LogP contribution in [0.4, 0.5) is 0 Å². The molecule has 1 atom stereocenters. The van der Waals surface area contributed by atoms with Crippen molar-refractivity contribution in [3.8, 4) is 5.75 Å². The first-order valence-corrected chi connectivity index (χ1v) is 10.7. The monoisotopic (exact) mass is 460 g/mol. The van der Waals surface area contributed by atoms with Gasteiger partial charge in [-0.3, -0.25) is 39.0 Å². The Morgan fingerprint density at radius 1 is 1.09 bits per heavy atom. The van der Waals surface area contributed by atoms with Gasteiger partial charge in [-0.15, -0.1) is 0 Å². The molecule has 0 aliphatic carbocycles. The first-order valence-electron chi connectivity index (χ1n) is 10.7. The van der Waals surface area contributed by atoms with Crippen molar-refractivity contribution >= 4 is 35.9 Å². The topological polar surface area (TPSA) is 151 Å². The largest absolute Gasteiger partial charge is 0.483 e. The average molecular weight is 460 g/mol. The van der Waals surface area contributed by atoms with Gasteiger partial charge in [0, 0.05) is 20.0 Å². The molecule has 1 unspecified atom stereocenters. The molecule has 1 aromatic rings. The number of carbonyl (C=O) groups is 6. The van der Waals surface area contributed by atoms with Crippen LogP contribution < -0.4 is 20.7 Å². The number of hydrogen-bond acceptors (Lipinski definition) is 7. The Morgan fingerprint density at radius 3 is 2.42 bits per heavy atom. The van der Waals surface area contributed by atoms with E-state index >= 15 is 0 Å². The van der Waals surface area contributed by atoms with Gasteiger partial charge < -0.3 is 15.4 Å². The van der Waals surface area contributed by atoms with Crippen molar-refractivity contribution in [3.63, 3.8) is 0 Å². The molecule has 0 saturated heterocycles. The van der Waals surface area contributed by atoms with Crippen LogP contribution in [0.3, 0.4) is 0 Å². The summed E-state index contributed by atoms with van der Waals surface area (Å²) in [4.78, 5) is 72.6. The van der Waals surface area contributed by atoms with Crippen LogP contribution in [0.2, 0.25) is 0 Å². The van der Waals surface area contributed by atoms with E-state index < -0.39 is 29.7 Å². The molecule has 1 aromatic carbocycles. The molecule has 0 bridgehead atoms. The van der Waals surface area contributed by atoms with Crippen LogP contribution in [0.15, 0.2) is 18.2 Å². The van der Waals surface area contributed by atoms with Crippen molar-refractivity contribution in [1.82, 2.24) is 20.9 Å². The van der Waals surface area contributed by atoms with Gasteiger partial charge in [0.1, 0.15) is 11.8 Å². The number of nitrogens with one attached hydrogen (secondary N) is 3. The fraction of sp³-hybridized carbons (Fsp3) is 0.455. The van der Waals surface area contributed by atoms with Gasteiger partial charge in [0.25, 0.3) is 17.7 Å². The highest BCUT2D eigenvalue weighted by molar-refractivity contribution is 6.24. The summed E-state index contributed by atoms with van der Waals surface area (Å²) < 4.78 is 5.51. The molecule has 1 aliphatic heterocycles.